The van der Waals surface area contributed by atoms with Crippen LogP contribution < -0.4 is 5.32 Å². The first-order valence-corrected chi connectivity index (χ1v) is 8.18. The minimum atomic E-state index is -1.06. The Morgan fingerprint density at radius 3 is 2.88 bits per heavy atom. The summed E-state index contributed by atoms with van der Waals surface area (Å²) in [5.74, 6) is -1.15. The maximum Gasteiger partial charge on any atom is 0.259 e. The molecule has 0 radical (unpaired) electrons. The van der Waals surface area contributed by atoms with Gasteiger partial charge in [0, 0.05) is 13.0 Å². The molecule has 3 aliphatic rings. The lowest BCUT2D eigenvalue weighted by Crippen LogP contribution is -2.53. The molecule has 0 saturated carbocycles. The molecule has 26 heavy (non-hydrogen) atoms. The fourth-order valence-electron chi connectivity index (χ4n) is 2.85. The lowest BCUT2D eigenvalue weighted by Gasteiger charge is -2.29. The van der Waals surface area contributed by atoms with E-state index in [2.05, 4.69) is 20.3 Å². The molecule has 11 nitrogen and oxygen atoms in total. The molecule has 1 saturated heterocycles. The summed E-state index contributed by atoms with van der Waals surface area (Å²) in [6, 6.07) is -0.908. The topological polar surface area (TPSA) is 145 Å². The van der Waals surface area contributed by atoms with Gasteiger partial charge in [-0.1, -0.05) is 13.8 Å². The van der Waals surface area contributed by atoms with Crippen LogP contribution >= 0.6 is 0 Å². The van der Waals surface area contributed by atoms with Gasteiger partial charge in [-0.15, -0.1) is 0 Å². The lowest BCUT2D eigenvalue weighted by molar-refractivity contribution is -0.120. The molecule has 3 aliphatic heterocycles. The van der Waals surface area contributed by atoms with Crippen LogP contribution in [0.25, 0.3) is 0 Å². The summed E-state index contributed by atoms with van der Waals surface area (Å²) < 4.78 is 10.9. The number of guanidine groups is 1. The van der Waals surface area contributed by atoms with Crippen molar-refractivity contribution in [3.8, 4) is 0 Å². The second-order valence-corrected chi connectivity index (χ2v) is 6.40. The van der Waals surface area contributed by atoms with Crippen LogP contribution in [0.1, 0.15) is 13.8 Å². The van der Waals surface area contributed by atoms with E-state index in [4.69, 9.17) is 9.47 Å². The Bertz CT molecular complexity index is 690. The molecule has 3 rings (SSSR count). The number of carbonyl (C=O) groups excluding carboxylic acids is 2. The third kappa shape index (κ3) is 3.14. The number of methoxy groups -OCH3 is 1. The highest BCUT2D eigenvalue weighted by atomic mass is 16.6. The molecule has 2 amide bonds. The molecule has 0 spiro atoms. The van der Waals surface area contributed by atoms with Crippen LogP contribution in [-0.4, -0.2) is 89.4 Å². The number of carbonyl (C=O) groups is 2. The van der Waals surface area contributed by atoms with Crippen molar-refractivity contribution in [2.24, 2.45) is 20.9 Å². The van der Waals surface area contributed by atoms with Gasteiger partial charge in [-0.2, -0.15) is 9.98 Å². The normalized spacial score (nSPS) is 35.1. The van der Waals surface area contributed by atoms with Crippen LogP contribution in [0.2, 0.25) is 0 Å². The first-order chi connectivity index (χ1) is 12.4. The predicted molar refractivity (Wildman–Crippen MR) is 89.5 cm³/mol. The van der Waals surface area contributed by atoms with E-state index in [9.17, 15) is 19.8 Å². The summed E-state index contributed by atoms with van der Waals surface area (Å²) in [6.07, 6.45) is -2.17. The van der Waals surface area contributed by atoms with Crippen LogP contribution in [0.15, 0.2) is 15.0 Å². The molecule has 3 heterocycles. The first-order valence-electron chi connectivity index (χ1n) is 8.18. The number of amidine groups is 1. The van der Waals surface area contributed by atoms with Crippen LogP contribution in [0, 0.1) is 5.92 Å². The van der Waals surface area contributed by atoms with Crippen molar-refractivity contribution in [2.75, 3.05) is 13.7 Å². The minimum absolute atomic E-state index is 0.123. The molecule has 0 bridgehead atoms. The second-order valence-electron chi connectivity index (χ2n) is 6.40. The van der Waals surface area contributed by atoms with Crippen molar-refractivity contribution in [3.63, 3.8) is 0 Å². The number of ether oxygens (including phenoxy) is 2. The number of nitrogens with zero attached hydrogens (tertiary/aromatic N) is 4. The average molecular weight is 367 g/mol. The Labute approximate surface area is 149 Å². The summed E-state index contributed by atoms with van der Waals surface area (Å²) in [7, 11) is 1.40. The van der Waals surface area contributed by atoms with Gasteiger partial charge >= 0.3 is 0 Å². The Kier molecular flexibility index (Phi) is 5.14. The maximum absolute atomic E-state index is 12.2. The van der Waals surface area contributed by atoms with Crippen molar-refractivity contribution in [1.29, 1.82) is 0 Å². The summed E-state index contributed by atoms with van der Waals surface area (Å²) in [4.78, 5) is 37.6. The predicted octanol–water partition coefficient (Wildman–Crippen LogP) is -2.14. The quantitative estimate of drug-likeness (QED) is 0.514. The van der Waals surface area contributed by atoms with E-state index in [1.807, 2.05) is 0 Å². The highest BCUT2D eigenvalue weighted by Gasteiger charge is 2.50. The van der Waals surface area contributed by atoms with Crippen molar-refractivity contribution in [3.05, 3.63) is 0 Å². The molecule has 1 unspecified atom stereocenters. The number of amides is 2. The zero-order valence-corrected chi connectivity index (χ0v) is 14.6. The van der Waals surface area contributed by atoms with Crippen LogP contribution in [-0.2, 0) is 19.1 Å². The highest BCUT2D eigenvalue weighted by molar-refractivity contribution is 6.24. The van der Waals surface area contributed by atoms with Crippen molar-refractivity contribution in [2.45, 2.75) is 44.4 Å². The summed E-state index contributed by atoms with van der Waals surface area (Å²) in [6.45, 7) is 2.97. The van der Waals surface area contributed by atoms with Crippen molar-refractivity contribution in [1.82, 2.24) is 10.2 Å². The zero-order valence-electron chi connectivity index (χ0n) is 14.6. The van der Waals surface area contributed by atoms with E-state index in [-0.39, 0.29) is 17.7 Å². The van der Waals surface area contributed by atoms with E-state index >= 15 is 0 Å². The molecular weight excluding hydrogens is 346 g/mol. The Balaban J connectivity index is 1.90. The summed E-state index contributed by atoms with van der Waals surface area (Å²) in [5.41, 5.74) is 0. The minimum Gasteiger partial charge on any atom is -0.394 e. The van der Waals surface area contributed by atoms with E-state index < -0.39 is 49.0 Å². The number of nitrogens with one attached hydrogen (secondary N) is 1. The molecule has 1 fully saturated rings. The third-order valence-electron chi connectivity index (χ3n) is 4.30. The molecule has 5 atom stereocenters. The van der Waals surface area contributed by atoms with Crippen LogP contribution in [0.3, 0.4) is 0 Å². The maximum atomic E-state index is 12.2. The van der Waals surface area contributed by atoms with E-state index in [1.165, 1.54) is 18.3 Å². The molecule has 0 aromatic rings. The van der Waals surface area contributed by atoms with Gasteiger partial charge in [-0.05, 0) is 0 Å². The molecule has 0 aromatic heterocycles. The lowest BCUT2D eigenvalue weighted by atomic mass is 10.1. The van der Waals surface area contributed by atoms with Gasteiger partial charge in [-0.25, -0.2) is 0 Å². The zero-order chi connectivity index (χ0) is 19.0. The fourth-order valence-corrected chi connectivity index (χ4v) is 2.85. The monoisotopic (exact) mass is 367 g/mol. The number of aliphatic hydroxyl groups is 2. The molecule has 142 valence electrons. The Morgan fingerprint density at radius 2 is 2.27 bits per heavy atom. The number of hydrogen-bond donors (Lipinski definition) is 3. The molecular formula is C15H21N5O6. The first kappa shape index (κ1) is 18.6. The molecule has 0 aliphatic carbocycles. The Hall–Kier alpha value is -2.21. The average Bonchev–Trinajstić information content (AvgIpc) is 3.15. The van der Waals surface area contributed by atoms with Gasteiger partial charge in [0.05, 0.1) is 12.9 Å². The molecule has 11 heteroatoms. The Morgan fingerprint density at radius 1 is 1.54 bits per heavy atom. The van der Waals surface area contributed by atoms with Gasteiger partial charge in [0.25, 0.3) is 11.8 Å². The number of fused-ring (bicyclic) bond motifs is 1. The summed E-state index contributed by atoms with van der Waals surface area (Å²) >= 11 is 0. The van der Waals surface area contributed by atoms with Gasteiger partial charge < -0.3 is 19.7 Å². The largest absolute Gasteiger partial charge is 0.394 e. The van der Waals surface area contributed by atoms with E-state index in [1.54, 1.807) is 13.8 Å². The van der Waals surface area contributed by atoms with Crippen molar-refractivity contribution >= 4 is 29.9 Å². The summed E-state index contributed by atoms with van der Waals surface area (Å²) in [5, 5.41) is 22.0. The number of hydrogen-bond acceptors (Lipinski definition) is 8. The number of aliphatic imine (C=N–C) groups is 3. The number of aliphatic hydroxyl groups excluding tert-OH is 2. The molecule has 3 N–H and O–H groups in total. The van der Waals surface area contributed by atoms with Gasteiger partial charge in [0.1, 0.15) is 18.3 Å². The number of rotatable bonds is 4. The van der Waals surface area contributed by atoms with Crippen molar-refractivity contribution < 1.29 is 29.3 Å². The third-order valence-corrected chi connectivity index (χ3v) is 4.30. The van der Waals surface area contributed by atoms with Gasteiger partial charge in [-0.3, -0.25) is 24.8 Å². The smallest absolute Gasteiger partial charge is 0.259 e. The highest BCUT2D eigenvalue weighted by Crippen LogP contribution is 2.28. The van der Waals surface area contributed by atoms with E-state index in [0.29, 0.717) is 0 Å². The SMILES string of the molecule is CO[C@@H]1[C@H](O)[C@@H](CO)O[C@H]1N1C=NC2C(=O)NC(=NC(=O)C(C)C)N=C21. The molecule has 0 aromatic carbocycles. The second kappa shape index (κ2) is 7.19. The fraction of sp³-hybridized carbons (Fsp3) is 0.667. The van der Waals surface area contributed by atoms with Crippen LogP contribution in [0.4, 0.5) is 0 Å². The van der Waals surface area contributed by atoms with E-state index in [0.717, 1.165) is 0 Å². The van der Waals surface area contributed by atoms with Crippen LogP contribution in [0.5, 0.6) is 0 Å². The van der Waals surface area contributed by atoms with Gasteiger partial charge in [0.15, 0.2) is 18.1 Å². The standard InChI is InChI=1S/C15H21N5O6/c1-6(2)12(23)18-15-17-11-8(13(24)19-15)16-5-20(11)14-10(25-3)9(22)7(4-21)26-14/h5-10,14,21-22H,4H2,1-3H3,(H,18,19,23,24)/t7-,8?,9-,10-,14-/m1/s1. The van der Waals surface area contributed by atoms with Gasteiger partial charge in [0.2, 0.25) is 5.96 Å².